The lowest BCUT2D eigenvalue weighted by Gasteiger charge is -2.27. The Bertz CT molecular complexity index is 292. The Balaban J connectivity index is 1.92. The first-order valence-corrected chi connectivity index (χ1v) is 8.13. The Kier molecular flexibility index (Phi) is 4.96. The van der Waals surface area contributed by atoms with E-state index in [0.717, 1.165) is 31.1 Å². The van der Waals surface area contributed by atoms with Gasteiger partial charge >= 0.3 is 5.97 Å². The Morgan fingerprint density at radius 1 is 1.33 bits per heavy atom. The Morgan fingerprint density at radius 2 is 2.06 bits per heavy atom. The maximum absolute atomic E-state index is 12.0. The molecule has 4 heteroatoms. The lowest BCUT2D eigenvalue weighted by Crippen LogP contribution is -2.50. The molecule has 2 aliphatic carbocycles. The van der Waals surface area contributed by atoms with Crippen molar-refractivity contribution in [3.05, 3.63) is 0 Å². The maximum Gasteiger partial charge on any atom is 0.326 e. The van der Waals surface area contributed by atoms with Gasteiger partial charge in [-0.25, -0.2) is 0 Å². The molecule has 0 amide bonds. The summed E-state index contributed by atoms with van der Waals surface area (Å²) in [6.07, 6.45) is 8.52. The zero-order chi connectivity index (χ0) is 13.0. The molecule has 0 aromatic carbocycles. The summed E-state index contributed by atoms with van der Waals surface area (Å²) in [5, 5.41) is 4.84. The van der Waals surface area contributed by atoms with Gasteiger partial charge in [0.05, 0.1) is 7.11 Å². The average molecular weight is 271 g/mol. The van der Waals surface area contributed by atoms with E-state index in [9.17, 15) is 4.79 Å². The molecule has 2 unspecified atom stereocenters. The van der Waals surface area contributed by atoms with Crippen molar-refractivity contribution in [1.29, 1.82) is 0 Å². The normalized spacial score (nSPS) is 32.9. The highest BCUT2D eigenvalue weighted by Crippen LogP contribution is 2.42. The van der Waals surface area contributed by atoms with E-state index < -0.39 is 5.54 Å². The van der Waals surface area contributed by atoms with Crippen LogP contribution in [0.4, 0.5) is 0 Å². The molecule has 0 aromatic rings. The number of likely N-dealkylation sites (N-methyl/N-ethyl adjacent to an activating group) is 1. The number of esters is 1. The number of hydrogen-bond acceptors (Lipinski definition) is 4. The molecule has 0 heterocycles. The second-order valence-corrected chi connectivity index (χ2v) is 7.12. The highest BCUT2D eigenvalue weighted by molar-refractivity contribution is 8.00. The van der Waals surface area contributed by atoms with Crippen molar-refractivity contribution < 1.29 is 9.53 Å². The van der Waals surface area contributed by atoms with E-state index in [0.29, 0.717) is 5.25 Å². The van der Waals surface area contributed by atoms with Crippen molar-refractivity contribution in [2.75, 3.05) is 13.7 Å². The molecule has 104 valence electrons. The number of ether oxygens (including phenoxy) is 1. The summed E-state index contributed by atoms with van der Waals surface area (Å²) >= 11 is 2.12. The van der Waals surface area contributed by atoms with Gasteiger partial charge < -0.3 is 10.1 Å². The van der Waals surface area contributed by atoms with Gasteiger partial charge in [-0.2, -0.15) is 11.8 Å². The van der Waals surface area contributed by atoms with E-state index in [1.54, 1.807) is 0 Å². The molecular formula is C14H25NO2S. The van der Waals surface area contributed by atoms with E-state index in [4.69, 9.17) is 4.74 Å². The summed E-state index contributed by atoms with van der Waals surface area (Å²) in [4.78, 5) is 12.0. The summed E-state index contributed by atoms with van der Waals surface area (Å²) in [7, 11) is 1.50. The first kappa shape index (κ1) is 14.2. The molecule has 0 saturated heterocycles. The van der Waals surface area contributed by atoms with Gasteiger partial charge in [-0.05, 0) is 38.6 Å². The van der Waals surface area contributed by atoms with E-state index in [-0.39, 0.29) is 5.97 Å². The fourth-order valence-corrected chi connectivity index (χ4v) is 5.15. The van der Waals surface area contributed by atoms with Crippen molar-refractivity contribution >= 4 is 17.7 Å². The van der Waals surface area contributed by atoms with Gasteiger partial charge in [0, 0.05) is 10.5 Å². The second kappa shape index (κ2) is 6.29. The minimum atomic E-state index is -0.403. The minimum absolute atomic E-state index is 0.0705. The fraction of sp³-hybridized carbons (Fsp3) is 0.929. The summed E-state index contributed by atoms with van der Waals surface area (Å²) in [6, 6.07) is 0. The average Bonchev–Trinajstić information content (AvgIpc) is 3.00. The first-order valence-electron chi connectivity index (χ1n) is 7.19. The third kappa shape index (κ3) is 3.02. The highest BCUT2D eigenvalue weighted by atomic mass is 32.2. The number of carbonyl (C=O) groups excluding carboxylic acids is 1. The van der Waals surface area contributed by atoms with E-state index in [1.807, 2.05) is 0 Å². The molecular weight excluding hydrogens is 246 g/mol. The van der Waals surface area contributed by atoms with Gasteiger partial charge in [-0.15, -0.1) is 0 Å². The standard InChI is InChI=1S/C14H25NO2S/c1-3-15-14(13(16)17-2)9-8-12(10-14)18-11-6-4-5-7-11/h11-12,15H,3-10H2,1-2H3. The minimum Gasteiger partial charge on any atom is -0.468 e. The molecule has 0 spiro atoms. The Labute approximate surface area is 114 Å². The van der Waals surface area contributed by atoms with Crippen LogP contribution >= 0.6 is 11.8 Å². The van der Waals surface area contributed by atoms with Crippen molar-refractivity contribution in [2.24, 2.45) is 0 Å². The quantitative estimate of drug-likeness (QED) is 0.780. The molecule has 18 heavy (non-hydrogen) atoms. The molecule has 2 fully saturated rings. The second-order valence-electron chi connectivity index (χ2n) is 5.51. The van der Waals surface area contributed by atoms with Crippen molar-refractivity contribution in [3.63, 3.8) is 0 Å². The van der Waals surface area contributed by atoms with E-state index in [1.165, 1.54) is 32.8 Å². The van der Waals surface area contributed by atoms with Crippen LogP contribution < -0.4 is 5.32 Å². The largest absolute Gasteiger partial charge is 0.468 e. The monoisotopic (exact) mass is 271 g/mol. The van der Waals surface area contributed by atoms with Crippen LogP contribution in [0.5, 0.6) is 0 Å². The van der Waals surface area contributed by atoms with Crippen LogP contribution in [-0.2, 0) is 9.53 Å². The lowest BCUT2D eigenvalue weighted by molar-refractivity contribution is -0.148. The molecule has 2 aliphatic rings. The van der Waals surface area contributed by atoms with Gasteiger partial charge in [0.25, 0.3) is 0 Å². The van der Waals surface area contributed by atoms with Gasteiger partial charge in [-0.3, -0.25) is 4.79 Å². The van der Waals surface area contributed by atoms with Crippen LogP contribution in [0.1, 0.15) is 51.9 Å². The van der Waals surface area contributed by atoms with E-state index >= 15 is 0 Å². The zero-order valence-electron chi connectivity index (χ0n) is 11.5. The zero-order valence-corrected chi connectivity index (χ0v) is 12.4. The van der Waals surface area contributed by atoms with Crippen molar-refractivity contribution in [3.8, 4) is 0 Å². The molecule has 0 aromatic heterocycles. The smallest absolute Gasteiger partial charge is 0.326 e. The Hall–Kier alpha value is -0.220. The predicted molar refractivity (Wildman–Crippen MR) is 75.9 cm³/mol. The third-order valence-corrected chi connectivity index (χ3v) is 5.89. The van der Waals surface area contributed by atoms with Gasteiger partial charge in [-0.1, -0.05) is 19.8 Å². The molecule has 0 aliphatic heterocycles. The summed E-state index contributed by atoms with van der Waals surface area (Å²) in [6.45, 7) is 2.89. The Morgan fingerprint density at radius 3 is 2.67 bits per heavy atom. The van der Waals surface area contributed by atoms with Crippen LogP contribution in [0.15, 0.2) is 0 Å². The molecule has 2 saturated carbocycles. The molecule has 1 N–H and O–H groups in total. The van der Waals surface area contributed by atoms with Gasteiger partial charge in [0.1, 0.15) is 5.54 Å². The molecule has 0 bridgehead atoms. The van der Waals surface area contributed by atoms with Crippen LogP contribution in [0.3, 0.4) is 0 Å². The van der Waals surface area contributed by atoms with Crippen LogP contribution in [0.2, 0.25) is 0 Å². The summed E-state index contributed by atoms with van der Waals surface area (Å²) in [5.41, 5.74) is -0.403. The van der Waals surface area contributed by atoms with Crippen molar-refractivity contribution in [1.82, 2.24) is 5.32 Å². The SMILES string of the molecule is CCNC1(C(=O)OC)CCC(SC2CCCC2)C1. The molecule has 3 nitrogen and oxygen atoms in total. The number of carbonyl (C=O) groups is 1. The van der Waals surface area contributed by atoms with Gasteiger partial charge in [0.2, 0.25) is 0 Å². The number of rotatable bonds is 5. The first-order chi connectivity index (χ1) is 8.70. The third-order valence-electron chi connectivity index (χ3n) is 4.25. The number of methoxy groups -OCH3 is 1. The van der Waals surface area contributed by atoms with E-state index in [2.05, 4.69) is 24.0 Å². The number of nitrogens with one attached hydrogen (secondary N) is 1. The van der Waals surface area contributed by atoms with Gasteiger partial charge in [0.15, 0.2) is 0 Å². The maximum atomic E-state index is 12.0. The van der Waals surface area contributed by atoms with Crippen LogP contribution in [0, 0.1) is 0 Å². The topological polar surface area (TPSA) is 38.3 Å². The number of hydrogen-bond donors (Lipinski definition) is 1. The van der Waals surface area contributed by atoms with Crippen LogP contribution in [0.25, 0.3) is 0 Å². The molecule has 2 atom stereocenters. The summed E-state index contributed by atoms with van der Waals surface area (Å²) < 4.78 is 5.00. The van der Waals surface area contributed by atoms with Crippen molar-refractivity contribution in [2.45, 2.75) is 67.9 Å². The highest BCUT2D eigenvalue weighted by Gasteiger charge is 2.46. The molecule has 0 radical (unpaired) electrons. The van der Waals surface area contributed by atoms with Crippen LogP contribution in [-0.4, -0.2) is 35.7 Å². The molecule has 2 rings (SSSR count). The fourth-order valence-electron chi connectivity index (χ4n) is 3.36. The predicted octanol–water partition coefficient (Wildman–Crippen LogP) is 2.74. The lowest BCUT2D eigenvalue weighted by atomic mass is 9.98. The number of thioether (sulfide) groups is 1. The summed E-state index contributed by atoms with van der Waals surface area (Å²) in [5.74, 6) is -0.0705.